The number of ether oxygens (including phenoxy) is 2. The van der Waals surface area contributed by atoms with E-state index >= 15 is 0 Å². The van der Waals surface area contributed by atoms with Crippen LogP contribution in [0.3, 0.4) is 0 Å². The minimum absolute atomic E-state index is 0.329. The molecule has 0 saturated heterocycles. The quantitative estimate of drug-likeness (QED) is 0.595. The molecule has 0 aliphatic rings. The molecule has 7 heteroatoms. The zero-order chi connectivity index (χ0) is 13.5. The van der Waals surface area contributed by atoms with Gasteiger partial charge in [0.05, 0.1) is 13.2 Å². The lowest BCUT2D eigenvalue weighted by atomic mass is 10.3. The van der Waals surface area contributed by atoms with Crippen molar-refractivity contribution in [2.75, 3.05) is 24.7 Å². The summed E-state index contributed by atoms with van der Waals surface area (Å²) in [6, 6.07) is 7.56. The van der Waals surface area contributed by atoms with Gasteiger partial charge in [0.2, 0.25) is 11.1 Å². The largest absolute Gasteiger partial charge is 0.494 e. The second-order valence-corrected chi connectivity index (χ2v) is 4.67. The van der Waals surface area contributed by atoms with E-state index in [2.05, 4.69) is 15.2 Å². The van der Waals surface area contributed by atoms with Gasteiger partial charge in [-0.2, -0.15) is 4.98 Å². The predicted molar refractivity (Wildman–Crippen MR) is 74.6 cm³/mol. The summed E-state index contributed by atoms with van der Waals surface area (Å²) in [5, 5.41) is 7.14. The van der Waals surface area contributed by atoms with Gasteiger partial charge in [0.1, 0.15) is 11.5 Å². The Hall–Kier alpha value is -1.89. The van der Waals surface area contributed by atoms with Gasteiger partial charge in [0.15, 0.2) is 0 Å². The molecule has 0 unspecified atom stereocenters. The number of nitrogens with one attached hydrogen (secondary N) is 1. The summed E-state index contributed by atoms with van der Waals surface area (Å²) in [6.07, 6.45) is 0. The number of thioether (sulfide) groups is 1. The van der Waals surface area contributed by atoms with Gasteiger partial charge in [-0.25, -0.2) is 5.10 Å². The number of aromatic nitrogens is 3. The Morgan fingerprint density at radius 2 is 1.89 bits per heavy atom. The maximum absolute atomic E-state index is 5.59. The zero-order valence-corrected chi connectivity index (χ0v) is 11.4. The Bertz CT molecular complexity index is 501. The van der Waals surface area contributed by atoms with Gasteiger partial charge in [0.25, 0.3) is 0 Å². The van der Waals surface area contributed by atoms with E-state index in [9.17, 15) is 0 Å². The molecule has 102 valence electrons. The summed E-state index contributed by atoms with van der Waals surface area (Å²) in [7, 11) is 0. The Morgan fingerprint density at radius 1 is 1.21 bits per heavy atom. The van der Waals surface area contributed by atoms with E-state index in [1.807, 2.05) is 31.2 Å². The minimum Gasteiger partial charge on any atom is -0.494 e. The van der Waals surface area contributed by atoms with Crippen molar-refractivity contribution in [3.05, 3.63) is 24.3 Å². The Labute approximate surface area is 115 Å². The SMILES string of the molecule is CCOc1ccc(OCCSc2n[nH]c(N)n2)cc1. The minimum atomic E-state index is 0.329. The normalized spacial score (nSPS) is 10.4. The first-order valence-corrected chi connectivity index (χ1v) is 6.93. The molecule has 0 spiro atoms. The highest BCUT2D eigenvalue weighted by molar-refractivity contribution is 7.99. The van der Waals surface area contributed by atoms with E-state index in [0.717, 1.165) is 17.3 Å². The molecule has 3 N–H and O–H groups in total. The molecular formula is C12H16N4O2S. The third-order valence-electron chi connectivity index (χ3n) is 2.20. The Balaban J connectivity index is 1.70. The highest BCUT2D eigenvalue weighted by Crippen LogP contribution is 2.18. The summed E-state index contributed by atoms with van der Waals surface area (Å²) < 4.78 is 10.9. The van der Waals surface area contributed by atoms with Crippen molar-refractivity contribution in [1.82, 2.24) is 15.2 Å². The van der Waals surface area contributed by atoms with Crippen LogP contribution in [-0.2, 0) is 0 Å². The average molecular weight is 280 g/mol. The van der Waals surface area contributed by atoms with Crippen molar-refractivity contribution >= 4 is 17.7 Å². The van der Waals surface area contributed by atoms with Crippen molar-refractivity contribution in [3.8, 4) is 11.5 Å². The number of hydrogen-bond donors (Lipinski definition) is 2. The van der Waals surface area contributed by atoms with Crippen molar-refractivity contribution in [2.45, 2.75) is 12.1 Å². The lowest BCUT2D eigenvalue weighted by Crippen LogP contribution is -2.00. The molecule has 1 aromatic carbocycles. The van der Waals surface area contributed by atoms with Crippen LogP contribution in [0.4, 0.5) is 5.95 Å². The van der Waals surface area contributed by atoms with Gasteiger partial charge in [-0.05, 0) is 31.2 Å². The first kappa shape index (κ1) is 13.5. The lowest BCUT2D eigenvalue weighted by molar-refractivity contribution is 0.332. The smallest absolute Gasteiger partial charge is 0.216 e. The summed E-state index contributed by atoms with van der Waals surface area (Å²) in [6.45, 7) is 3.20. The fraction of sp³-hybridized carbons (Fsp3) is 0.333. The van der Waals surface area contributed by atoms with Gasteiger partial charge >= 0.3 is 0 Å². The highest BCUT2D eigenvalue weighted by Gasteiger charge is 2.01. The van der Waals surface area contributed by atoms with Crippen LogP contribution in [0.25, 0.3) is 0 Å². The van der Waals surface area contributed by atoms with E-state index in [-0.39, 0.29) is 0 Å². The molecule has 6 nitrogen and oxygen atoms in total. The van der Waals surface area contributed by atoms with Crippen molar-refractivity contribution in [1.29, 1.82) is 0 Å². The van der Waals surface area contributed by atoms with Crippen LogP contribution >= 0.6 is 11.8 Å². The second-order valence-electron chi connectivity index (χ2n) is 3.60. The van der Waals surface area contributed by atoms with E-state index < -0.39 is 0 Å². The maximum Gasteiger partial charge on any atom is 0.216 e. The summed E-state index contributed by atoms with van der Waals surface area (Å²) >= 11 is 1.49. The fourth-order valence-corrected chi connectivity index (χ4v) is 2.04. The second kappa shape index (κ2) is 6.89. The summed E-state index contributed by atoms with van der Waals surface area (Å²) in [5.74, 6) is 2.75. The molecule has 1 heterocycles. The van der Waals surface area contributed by atoms with Gasteiger partial charge in [0, 0.05) is 5.75 Å². The number of rotatable bonds is 7. The monoisotopic (exact) mass is 280 g/mol. The van der Waals surface area contributed by atoms with Crippen molar-refractivity contribution in [3.63, 3.8) is 0 Å². The molecule has 0 saturated carbocycles. The molecule has 1 aromatic heterocycles. The van der Waals surface area contributed by atoms with Crippen LogP contribution < -0.4 is 15.2 Å². The third-order valence-corrected chi connectivity index (χ3v) is 3.01. The van der Waals surface area contributed by atoms with Gasteiger partial charge < -0.3 is 15.2 Å². The molecule has 0 aliphatic heterocycles. The molecular weight excluding hydrogens is 264 g/mol. The molecule has 0 atom stereocenters. The predicted octanol–water partition coefficient (Wildman–Crippen LogP) is 1.96. The van der Waals surface area contributed by atoms with Crippen LogP contribution in [-0.4, -0.2) is 34.1 Å². The molecule has 0 fully saturated rings. The number of nitrogens with zero attached hydrogens (tertiary/aromatic N) is 2. The molecule has 0 bridgehead atoms. The first-order chi connectivity index (χ1) is 9.28. The first-order valence-electron chi connectivity index (χ1n) is 5.94. The average Bonchev–Trinajstić information content (AvgIpc) is 2.83. The number of aromatic amines is 1. The van der Waals surface area contributed by atoms with E-state index in [4.69, 9.17) is 15.2 Å². The molecule has 0 radical (unpaired) electrons. The van der Waals surface area contributed by atoms with Gasteiger partial charge in [-0.1, -0.05) is 11.8 Å². The maximum atomic E-state index is 5.59. The molecule has 19 heavy (non-hydrogen) atoms. The number of H-pyrrole nitrogens is 1. The highest BCUT2D eigenvalue weighted by atomic mass is 32.2. The summed E-state index contributed by atoms with van der Waals surface area (Å²) in [4.78, 5) is 3.99. The van der Waals surface area contributed by atoms with Crippen LogP contribution in [0.2, 0.25) is 0 Å². The zero-order valence-electron chi connectivity index (χ0n) is 10.6. The molecule has 0 aliphatic carbocycles. The molecule has 2 rings (SSSR count). The van der Waals surface area contributed by atoms with E-state index in [1.54, 1.807) is 0 Å². The van der Waals surface area contributed by atoms with Gasteiger partial charge in [-0.3, -0.25) is 0 Å². The number of anilines is 1. The summed E-state index contributed by atoms with van der Waals surface area (Å²) in [5.41, 5.74) is 5.43. The fourth-order valence-electron chi connectivity index (χ4n) is 1.41. The van der Waals surface area contributed by atoms with Crippen LogP contribution in [0.15, 0.2) is 29.4 Å². The van der Waals surface area contributed by atoms with E-state index in [0.29, 0.717) is 24.3 Å². The topological polar surface area (TPSA) is 86.0 Å². The molecule has 0 amide bonds. The van der Waals surface area contributed by atoms with Crippen molar-refractivity contribution < 1.29 is 9.47 Å². The van der Waals surface area contributed by atoms with E-state index in [1.165, 1.54) is 11.8 Å². The Kier molecular flexibility index (Phi) is 4.91. The number of benzene rings is 1. The third kappa shape index (κ3) is 4.36. The van der Waals surface area contributed by atoms with Crippen LogP contribution in [0, 0.1) is 0 Å². The number of nitrogen functional groups attached to an aromatic ring is 1. The number of nitrogens with two attached hydrogens (primary N) is 1. The van der Waals surface area contributed by atoms with Crippen LogP contribution in [0.1, 0.15) is 6.92 Å². The van der Waals surface area contributed by atoms with Gasteiger partial charge in [-0.15, -0.1) is 5.10 Å². The van der Waals surface area contributed by atoms with Crippen molar-refractivity contribution in [2.24, 2.45) is 0 Å². The number of hydrogen-bond acceptors (Lipinski definition) is 6. The lowest BCUT2D eigenvalue weighted by Gasteiger charge is -2.06. The van der Waals surface area contributed by atoms with Crippen LogP contribution in [0.5, 0.6) is 11.5 Å². The Morgan fingerprint density at radius 3 is 2.47 bits per heavy atom. The molecule has 2 aromatic rings. The standard InChI is InChI=1S/C12H16N4O2S/c1-2-17-9-3-5-10(6-4-9)18-7-8-19-12-14-11(13)15-16-12/h3-6H,2,7-8H2,1H3,(H3,13,14,15,16).